The lowest BCUT2D eigenvalue weighted by Gasteiger charge is -2.34. The predicted molar refractivity (Wildman–Crippen MR) is 73.5 cm³/mol. The van der Waals surface area contributed by atoms with Gasteiger partial charge in [-0.3, -0.25) is 10.6 Å². The molecule has 3 N–H and O–H groups in total. The Morgan fingerprint density at radius 3 is 2.62 bits per heavy atom. The number of fused-ring (bicyclic) bond motifs is 1. The van der Waals surface area contributed by atoms with Gasteiger partial charge < -0.3 is 10.0 Å². The summed E-state index contributed by atoms with van der Waals surface area (Å²) in [6, 6.07) is 5.88. The number of nitrogens with zero attached hydrogens (tertiary/aromatic N) is 2. The highest BCUT2D eigenvalue weighted by Crippen LogP contribution is 2.40. The van der Waals surface area contributed by atoms with Crippen molar-refractivity contribution < 1.29 is 19.1 Å². The lowest BCUT2D eigenvalue weighted by atomic mass is 9.86. The molecule has 3 rings (SSSR count). The van der Waals surface area contributed by atoms with Crippen LogP contribution in [0.15, 0.2) is 24.3 Å². The quantitative estimate of drug-likeness (QED) is 0.781. The van der Waals surface area contributed by atoms with Gasteiger partial charge >= 0.3 is 5.97 Å². The molecular formula is C14H16FN3O3. The summed E-state index contributed by atoms with van der Waals surface area (Å²) in [6.45, 7) is 0.950. The second-order valence-corrected chi connectivity index (χ2v) is 5.57. The molecule has 0 radical (unpaired) electrons. The molecule has 2 aliphatic heterocycles. The number of hydrazine groups is 1. The molecule has 0 saturated carbocycles. The van der Waals surface area contributed by atoms with Gasteiger partial charge in [-0.2, -0.15) is 0 Å². The first kappa shape index (κ1) is 14.0. The van der Waals surface area contributed by atoms with Gasteiger partial charge in [0.15, 0.2) is 5.67 Å². The van der Waals surface area contributed by atoms with Gasteiger partial charge in [-0.25, -0.2) is 14.2 Å². The Balaban J connectivity index is 1.87. The van der Waals surface area contributed by atoms with Crippen LogP contribution in [0.5, 0.6) is 0 Å². The fourth-order valence-electron chi connectivity index (χ4n) is 3.05. The van der Waals surface area contributed by atoms with E-state index in [1.54, 1.807) is 0 Å². The molecule has 0 unspecified atom stereocenters. The minimum absolute atomic E-state index is 0.0940. The molecule has 6 nitrogen and oxygen atoms in total. The number of hydrogen-bond donors (Lipinski definition) is 2. The third kappa shape index (κ3) is 2.18. The molecule has 21 heavy (non-hydrogen) atoms. The predicted octanol–water partition coefficient (Wildman–Crippen LogP) is 0.635. The number of amides is 1. The SMILES string of the molecule is NN1CC[C@@]2(F)C(=O)N(c3ccc(C(=O)O)cc3)C[C@H]2C1. The number of carboxylic acid groups (broad SMARTS) is 1. The Morgan fingerprint density at radius 2 is 2.00 bits per heavy atom. The Hall–Kier alpha value is -1.99. The van der Waals surface area contributed by atoms with Crippen LogP contribution in [0.4, 0.5) is 10.1 Å². The van der Waals surface area contributed by atoms with Crippen molar-refractivity contribution in [2.75, 3.05) is 24.5 Å². The second kappa shape index (κ2) is 4.78. The summed E-state index contributed by atoms with van der Waals surface area (Å²) < 4.78 is 14.9. The van der Waals surface area contributed by atoms with Crippen LogP contribution >= 0.6 is 0 Å². The van der Waals surface area contributed by atoms with Crippen molar-refractivity contribution in [1.82, 2.24) is 5.01 Å². The maximum absolute atomic E-state index is 14.9. The number of anilines is 1. The number of alkyl halides is 1. The van der Waals surface area contributed by atoms with E-state index in [2.05, 4.69) is 0 Å². The number of carbonyl (C=O) groups excluding carboxylic acids is 1. The van der Waals surface area contributed by atoms with Crippen LogP contribution in [0, 0.1) is 5.92 Å². The molecule has 0 aliphatic carbocycles. The monoisotopic (exact) mass is 293 g/mol. The van der Waals surface area contributed by atoms with Crippen LogP contribution in [-0.2, 0) is 4.79 Å². The highest BCUT2D eigenvalue weighted by molar-refractivity contribution is 6.02. The molecule has 1 aromatic rings. The second-order valence-electron chi connectivity index (χ2n) is 5.57. The highest BCUT2D eigenvalue weighted by Gasteiger charge is 2.57. The van der Waals surface area contributed by atoms with E-state index in [1.165, 1.54) is 34.2 Å². The molecule has 2 heterocycles. The number of carbonyl (C=O) groups is 2. The number of benzene rings is 1. The topological polar surface area (TPSA) is 86.9 Å². The van der Waals surface area contributed by atoms with Crippen molar-refractivity contribution in [3.05, 3.63) is 29.8 Å². The third-order valence-electron chi connectivity index (χ3n) is 4.29. The number of nitrogens with two attached hydrogens (primary N) is 1. The highest BCUT2D eigenvalue weighted by atomic mass is 19.1. The first-order valence-electron chi connectivity index (χ1n) is 6.76. The van der Waals surface area contributed by atoms with Gasteiger partial charge in [0.1, 0.15) is 0 Å². The van der Waals surface area contributed by atoms with Crippen molar-refractivity contribution >= 4 is 17.6 Å². The average Bonchev–Trinajstić information content (AvgIpc) is 2.72. The number of carboxylic acids is 1. The Bertz CT molecular complexity index is 592. The molecule has 2 aliphatic rings. The largest absolute Gasteiger partial charge is 0.478 e. The van der Waals surface area contributed by atoms with Gasteiger partial charge in [0.05, 0.1) is 5.56 Å². The van der Waals surface area contributed by atoms with Gasteiger partial charge in [-0.1, -0.05) is 0 Å². The normalized spacial score (nSPS) is 29.5. The van der Waals surface area contributed by atoms with E-state index < -0.39 is 23.5 Å². The summed E-state index contributed by atoms with van der Waals surface area (Å²) in [5.74, 6) is 3.66. The van der Waals surface area contributed by atoms with Crippen molar-refractivity contribution in [2.45, 2.75) is 12.1 Å². The Morgan fingerprint density at radius 1 is 1.33 bits per heavy atom. The number of piperidine rings is 1. The minimum Gasteiger partial charge on any atom is -0.478 e. The lowest BCUT2D eigenvalue weighted by molar-refractivity contribution is -0.132. The van der Waals surface area contributed by atoms with E-state index >= 15 is 0 Å². The van der Waals surface area contributed by atoms with Gasteiger partial charge in [0.25, 0.3) is 5.91 Å². The van der Waals surface area contributed by atoms with Gasteiger partial charge in [-0.05, 0) is 24.3 Å². The molecule has 1 aromatic carbocycles. The van der Waals surface area contributed by atoms with E-state index in [-0.39, 0.29) is 18.5 Å². The first-order valence-corrected chi connectivity index (χ1v) is 6.76. The standard InChI is InChI=1S/C14H16FN3O3/c15-14-5-6-17(16)7-10(14)8-18(13(14)21)11-3-1-9(2-4-11)12(19)20/h1-4,10H,5-8,16H2,(H,19,20)/t10-,14+/m1/s1. The Labute approximate surface area is 120 Å². The summed E-state index contributed by atoms with van der Waals surface area (Å²) in [7, 11) is 0. The van der Waals surface area contributed by atoms with Crippen molar-refractivity contribution in [3.63, 3.8) is 0 Å². The van der Waals surface area contributed by atoms with Crippen LogP contribution in [0.25, 0.3) is 0 Å². The third-order valence-corrected chi connectivity index (χ3v) is 4.29. The smallest absolute Gasteiger partial charge is 0.335 e. The molecule has 7 heteroatoms. The molecule has 0 bridgehead atoms. The van der Waals surface area contributed by atoms with Crippen LogP contribution in [0.2, 0.25) is 0 Å². The van der Waals surface area contributed by atoms with Crippen LogP contribution < -0.4 is 10.7 Å². The van der Waals surface area contributed by atoms with E-state index in [1.807, 2.05) is 0 Å². The maximum Gasteiger partial charge on any atom is 0.335 e. The van der Waals surface area contributed by atoms with E-state index in [4.69, 9.17) is 10.9 Å². The summed E-state index contributed by atoms with van der Waals surface area (Å²) in [5.41, 5.74) is -1.22. The van der Waals surface area contributed by atoms with Crippen LogP contribution in [0.1, 0.15) is 16.8 Å². The maximum atomic E-state index is 14.9. The zero-order valence-corrected chi connectivity index (χ0v) is 11.3. The Kier molecular flexibility index (Phi) is 3.18. The molecule has 0 aromatic heterocycles. The van der Waals surface area contributed by atoms with Crippen LogP contribution in [0.3, 0.4) is 0 Å². The van der Waals surface area contributed by atoms with Gasteiger partial charge in [-0.15, -0.1) is 0 Å². The summed E-state index contributed by atoms with van der Waals surface area (Å²) in [6.07, 6.45) is 0.0940. The zero-order chi connectivity index (χ0) is 15.2. The lowest BCUT2D eigenvalue weighted by Crippen LogP contribution is -2.52. The number of halogens is 1. The molecule has 112 valence electrons. The van der Waals surface area contributed by atoms with Crippen molar-refractivity contribution in [2.24, 2.45) is 11.8 Å². The van der Waals surface area contributed by atoms with Crippen LogP contribution in [-0.4, -0.2) is 47.3 Å². The van der Waals surface area contributed by atoms with Gasteiger partial charge in [0.2, 0.25) is 0 Å². The minimum atomic E-state index is -1.86. The van der Waals surface area contributed by atoms with Gasteiger partial charge in [0, 0.05) is 37.7 Å². The number of hydrogen-bond acceptors (Lipinski definition) is 4. The van der Waals surface area contributed by atoms with E-state index in [9.17, 15) is 14.0 Å². The van der Waals surface area contributed by atoms with E-state index in [0.717, 1.165) is 0 Å². The summed E-state index contributed by atoms with van der Waals surface area (Å²) in [5, 5.41) is 10.4. The fraction of sp³-hybridized carbons (Fsp3) is 0.429. The molecule has 2 saturated heterocycles. The molecule has 0 spiro atoms. The number of rotatable bonds is 2. The molecule has 2 atom stereocenters. The summed E-state index contributed by atoms with van der Waals surface area (Å²) in [4.78, 5) is 24.6. The molecule has 1 amide bonds. The zero-order valence-electron chi connectivity index (χ0n) is 11.3. The first-order chi connectivity index (χ1) is 9.91. The van der Waals surface area contributed by atoms with Crippen molar-refractivity contribution in [1.29, 1.82) is 0 Å². The fourth-order valence-corrected chi connectivity index (χ4v) is 3.05. The molecule has 2 fully saturated rings. The van der Waals surface area contributed by atoms with E-state index in [0.29, 0.717) is 18.8 Å². The number of aromatic carboxylic acids is 1. The van der Waals surface area contributed by atoms with Crippen molar-refractivity contribution in [3.8, 4) is 0 Å². The molecular weight excluding hydrogens is 277 g/mol. The average molecular weight is 293 g/mol. The summed E-state index contributed by atoms with van der Waals surface area (Å²) >= 11 is 0.